The lowest BCUT2D eigenvalue weighted by Gasteiger charge is -2.16. The quantitative estimate of drug-likeness (QED) is 0.168. The summed E-state index contributed by atoms with van der Waals surface area (Å²) in [5, 5.41) is 6.72. The van der Waals surface area contributed by atoms with E-state index in [9.17, 15) is 0 Å². The Bertz CT molecular complexity index is 727. The maximum absolute atomic E-state index is 6.07. The molecule has 3 rings (SSSR count). The Balaban J connectivity index is 0.00000320. The Hall–Kier alpha value is -1.61. The van der Waals surface area contributed by atoms with Gasteiger partial charge in [-0.15, -0.1) is 24.0 Å². The summed E-state index contributed by atoms with van der Waals surface area (Å²) < 4.78 is 8.14. The van der Waals surface area contributed by atoms with Gasteiger partial charge in [0.2, 0.25) is 0 Å². The van der Waals surface area contributed by atoms with Crippen LogP contribution in [0, 0.1) is 0 Å². The number of aromatic nitrogens is 2. The van der Waals surface area contributed by atoms with E-state index < -0.39 is 0 Å². The van der Waals surface area contributed by atoms with Crippen LogP contribution in [0.5, 0.6) is 0 Å². The predicted molar refractivity (Wildman–Crippen MR) is 133 cm³/mol. The van der Waals surface area contributed by atoms with Crippen molar-refractivity contribution in [2.24, 2.45) is 4.99 Å². The Morgan fingerprint density at radius 1 is 1.17 bits per heavy atom. The molecule has 2 N–H and O–H groups in total. The molecule has 30 heavy (non-hydrogen) atoms. The van der Waals surface area contributed by atoms with Crippen LogP contribution in [0.4, 0.5) is 0 Å². The number of nitrogens with one attached hydrogen (secondary N) is 2. The summed E-state index contributed by atoms with van der Waals surface area (Å²) >= 11 is 0. The number of rotatable bonds is 9. The number of nitrogens with zero attached hydrogens (tertiary/aromatic N) is 3. The van der Waals surface area contributed by atoms with E-state index in [1.54, 1.807) is 0 Å². The van der Waals surface area contributed by atoms with Crippen LogP contribution in [0.15, 0.2) is 48.0 Å². The SMILES string of the molecule is CCNC(=NCc1cccc(Cn2ccnc2)c1)NCCOC1CCCCCC1.I. The van der Waals surface area contributed by atoms with E-state index >= 15 is 0 Å². The molecule has 1 aliphatic rings. The van der Waals surface area contributed by atoms with Gasteiger partial charge in [0.25, 0.3) is 0 Å². The molecule has 1 aromatic heterocycles. The molecule has 0 bridgehead atoms. The third kappa shape index (κ3) is 9.04. The van der Waals surface area contributed by atoms with Crippen molar-refractivity contribution in [2.75, 3.05) is 19.7 Å². The molecule has 1 aromatic carbocycles. The zero-order valence-corrected chi connectivity index (χ0v) is 20.4. The average Bonchev–Trinajstić information content (AvgIpc) is 3.10. The number of benzene rings is 1. The highest BCUT2D eigenvalue weighted by molar-refractivity contribution is 14.0. The lowest BCUT2D eigenvalue weighted by molar-refractivity contribution is 0.0468. The van der Waals surface area contributed by atoms with Crippen LogP contribution in [-0.2, 0) is 17.8 Å². The van der Waals surface area contributed by atoms with Crippen LogP contribution >= 0.6 is 24.0 Å². The maximum Gasteiger partial charge on any atom is 0.191 e. The van der Waals surface area contributed by atoms with Gasteiger partial charge in [-0.1, -0.05) is 49.9 Å². The van der Waals surface area contributed by atoms with Gasteiger partial charge in [-0.3, -0.25) is 0 Å². The molecule has 0 saturated heterocycles. The first kappa shape index (κ1) is 24.7. The number of halogens is 1. The zero-order valence-electron chi connectivity index (χ0n) is 18.1. The molecule has 1 fully saturated rings. The van der Waals surface area contributed by atoms with Gasteiger partial charge in [-0.05, 0) is 30.9 Å². The lowest BCUT2D eigenvalue weighted by atomic mass is 10.1. The molecule has 0 spiro atoms. The molecule has 6 nitrogen and oxygen atoms in total. The molecule has 1 saturated carbocycles. The minimum absolute atomic E-state index is 0. The van der Waals surface area contributed by atoms with E-state index in [2.05, 4.69) is 51.4 Å². The number of imidazole rings is 1. The van der Waals surface area contributed by atoms with Crippen LogP contribution in [0.1, 0.15) is 56.6 Å². The summed E-state index contributed by atoms with van der Waals surface area (Å²) in [5.74, 6) is 0.844. The second-order valence-electron chi connectivity index (χ2n) is 7.66. The smallest absolute Gasteiger partial charge is 0.191 e. The summed E-state index contributed by atoms with van der Waals surface area (Å²) in [6.07, 6.45) is 13.8. The van der Waals surface area contributed by atoms with Crippen molar-refractivity contribution in [3.8, 4) is 0 Å². The fourth-order valence-corrected chi connectivity index (χ4v) is 3.73. The van der Waals surface area contributed by atoms with Gasteiger partial charge >= 0.3 is 0 Å². The number of hydrogen-bond donors (Lipinski definition) is 2. The van der Waals surface area contributed by atoms with E-state index in [0.717, 1.165) is 32.2 Å². The maximum atomic E-state index is 6.07. The van der Waals surface area contributed by atoms with Gasteiger partial charge in [0.05, 0.1) is 25.6 Å². The van der Waals surface area contributed by atoms with Crippen molar-refractivity contribution >= 4 is 29.9 Å². The standard InChI is InChI=1S/C23H35N5O.HI/c1-2-25-23(26-13-15-29-22-10-5-3-4-6-11-22)27-17-20-8-7-9-21(16-20)18-28-14-12-24-19-28;/h7-9,12,14,16,19,22H,2-6,10-11,13,15,17-18H2,1H3,(H2,25,26,27);1H. The van der Waals surface area contributed by atoms with Gasteiger partial charge < -0.3 is 19.9 Å². The van der Waals surface area contributed by atoms with Gasteiger partial charge in [0, 0.05) is 32.0 Å². The second-order valence-corrected chi connectivity index (χ2v) is 7.66. The van der Waals surface area contributed by atoms with Crippen LogP contribution in [-0.4, -0.2) is 41.3 Å². The topological polar surface area (TPSA) is 63.5 Å². The highest BCUT2D eigenvalue weighted by Gasteiger charge is 2.12. The fourth-order valence-electron chi connectivity index (χ4n) is 3.73. The number of hydrogen-bond acceptors (Lipinski definition) is 3. The van der Waals surface area contributed by atoms with Crippen molar-refractivity contribution in [1.82, 2.24) is 20.2 Å². The predicted octanol–water partition coefficient (Wildman–Crippen LogP) is 4.34. The second kappa shape index (κ2) is 14.4. The summed E-state index contributed by atoms with van der Waals surface area (Å²) in [4.78, 5) is 8.85. The van der Waals surface area contributed by atoms with E-state index in [-0.39, 0.29) is 24.0 Å². The first-order valence-corrected chi connectivity index (χ1v) is 11.0. The molecule has 0 unspecified atom stereocenters. The summed E-state index contributed by atoms with van der Waals surface area (Å²) in [7, 11) is 0. The van der Waals surface area contributed by atoms with Gasteiger partial charge in [-0.2, -0.15) is 0 Å². The minimum atomic E-state index is 0. The molecule has 0 radical (unpaired) electrons. The number of aliphatic imine (C=N–C) groups is 1. The van der Waals surface area contributed by atoms with Crippen molar-refractivity contribution in [3.05, 3.63) is 54.1 Å². The molecular formula is C23H36IN5O. The van der Waals surface area contributed by atoms with E-state index in [1.165, 1.54) is 49.7 Å². The molecular weight excluding hydrogens is 489 g/mol. The monoisotopic (exact) mass is 525 g/mol. The molecule has 2 aromatic rings. The van der Waals surface area contributed by atoms with Crippen LogP contribution < -0.4 is 10.6 Å². The Kier molecular flexibility index (Phi) is 11.8. The summed E-state index contributed by atoms with van der Waals surface area (Å²) in [6, 6.07) is 8.57. The van der Waals surface area contributed by atoms with E-state index in [4.69, 9.17) is 9.73 Å². The van der Waals surface area contributed by atoms with Crippen molar-refractivity contribution in [3.63, 3.8) is 0 Å². The number of ether oxygens (including phenoxy) is 1. The van der Waals surface area contributed by atoms with Crippen molar-refractivity contribution in [1.29, 1.82) is 0 Å². The Labute approximate surface area is 197 Å². The lowest BCUT2D eigenvalue weighted by Crippen LogP contribution is -2.39. The number of guanidine groups is 1. The van der Waals surface area contributed by atoms with Crippen molar-refractivity contribution < 1.29 is 4.74 Å². The Morgan fingerprint density at radius 2 is 1.97 bits per heavy atom. The Morgan fingerprint density at radius 3 is 2.70 bits per heavy atom. The minimum Gasteiger partial charge on any atom is -0.376 e. The molecule has 0 aliphatic heterocycles. The van der Waals surface area contributed by atoms with E-state index in [1.807, 2.05) is 18.7 Å². The summed E-state index contributed by atoms with van der Waals surface area (Å²) in [6.45, 7) is 5.92. The third-order valence-electron chi connectivity index (χ3n) is 5.23. The van der Waals surface area contributed by atoms with Crippen LogP contribution in [0.3, 0.4) is 0 Å². The van der Waals surface area contributed by atoms with Crippen molar-refractivity contribution in [2.45, 2.75) is 64.6 Å². The molecule has 1 aliphatic carbocycles. The van der Waals surface area contributed by atoms with Crippen LogP contribution in [0.25, 0.3) is 0 Å². The third-order valence-corrected chi connectivity index (χ3v) is 5.23. The molecule has 1 heterocycles. The zero-order chi connectivity index (χ0) is 20.2. The van der Waals surface area contributed by atoms with Gasteiger partial charge in [0.15, 0.2) is 5.96 Å². The average molecular weight is 525 g/mol. The molecule has 0 amide bonds. The summed E-state index contributed by atoms with van der Waals surface area (Å²) in [5.41, 5.74) is 2.46. The van der Waals surface area contributed by atoms with E-state index in [0.29, 0.717) is 12.6 Å². The fraction of sp³-hybridized carbons (Fsp3) is 0.565. The first-order valence-electron chi connectivity index (χ1n) is 11.0. The molecule has 166 valence electrons. The van der Waals surface area contributed by atoms with Crippen LogP contribution in [0.2, 0.25) is 0 Å². The largest absolute Gasteiger partial charge is 0.376 e. The van der Waals surface area contributed by atoms with Gasteiger partial charge in [0.1, 0.15) is 0 Å². The first-order chi connectivity index (χ1) is 14.3. The highest BCUT2D eigenvalue weighted by atomic mass is 127. The van der Waals surface area contributed by atoms with Gasteiger partial charge in [-0.25, -0.2) is 9.98 Å². The molecule has 0 atom stereocenters. The normalized spacial score (nSPS) is 15.3. The highest BCUT2D eigenvalue weighted by Crippen LogP contribution is 2.19. The molecule has 7 heteroatoms.